The standard InChI is InChI=1S/C11H14N2O4/c1-7(2)10(14)6-12-5-9(13(16)17)8(3)4-11(12)15/h4-5,7H,6H2,1-3H3. The van der Waals surface area contributed by atoms with Crippen molar-refractivity contribution >= 4 is 11.5 Å². The Morgan fingerprint density at radius 3 is 2.59 bits per heavy atom. The van der Waals surface area contributed by atoms with Crippen LogP contribution in [-0.2, 0) is 11.3 Å². The molecule has 1 aromatic rings. The van der Waals surface area contributed by atoms with E-state index < -0.39 is 10.5 Å². The Morgan fingerprint density at radius 1 is 1.53 bits per heavy atom. The van der Waals surface area contributed by atoms with Crippen LogP contribution in [0.5, 0.6) is 0 Å². The lowest BCUT2D eigenvalue weighted by atomic mass is 10.1. The number of hydrogen-bond acceptors (Lipinski definition) is 4. The minimum Gasteiger partial charge on any atom is -0.301 e. The number of rotatable bonds is 4. The van der Waals surface area contributed by atoms with Crippen LogP contribution in [0.4, 0.5) is 5.69 Å². The molecule has 0 bridgehead atoms. The number of hydrogen-bond donors (Lipinski definition) is 0. The van der Waals surface area contributed by atoms with E-state index in [9.17, 15) is 19.7 Å². The van der Waals surface area contributed by atoms with Crippen molar-refractivity contribution in [3.8, 4) is 0 Å². The predicted octanol–water partition coefficient (Wildman–Crippen LogP) is 1.29. The molecule has 6 heteroatoms. The van der Waals surface area contributed by atoms with Crippen molar-refractivity contribution in [2.75, 3.05) is 0 Å². The van der Waals surface area contributed by atoms with E-state index in [1.54, 1.807) is 13.8 Å². The number of aromatic nitrogens is 1. The SMILES string of the molecule is Cc1cc(=O)n(CC(=O)C(C)C)cc1[N+](=O)[O-]. The van der Waals surface area contributed by atoms with Gasteiger partial charge in [-0.1, -0.05) is 13.8 Å². The van der Waals surface area contributed by atoms with E-state index in [1.165, 1.54) is 13.0 Å². The Hall–Kier alpha value is -1.98. The van der Waals surface area contributed by atoms with Gasteiger partial charge < -0.3 is 4.57 Å². The van der Waals surface area contributed by atoms with E-state index in [1.807, 2.05) is 0 Å². The highest BCUT2D eigenvalue weighted by atomic mass is 16.6. The van der Waals surface area contributed by atoms with E-state index in [-0.39, 0.29) is 23.9 Å². The molecular weight excluding hydrogens is 224 g/mol. The van der Waals surface area contributed by atoms with E-state index in [0.29, 0.717) is 5.56 Å². The average Bonchev–Trinajstić information content (AvgIpc) is 2.21. The lowest BCUT2D eigenvalue weighted by molar-refractivity contribution is -0.385. The van der Waals surface area contributed by atoms with Gasteiger partial charge in [-0.05, 0) is 6.92 Å². The number of aryl methyl sites for hydroxylation is 1. The third-order valence-electron chi connectivity index (χ3n) is 2.47. The van der Waals surface area contributed by atoms with Gasteiger partial charge in [0.05, 0.1) is 17.7 Å². The molecule has 0 radical (unpaired) electrons. The molecule has 1 heterocycles. The molecule has 0 aliphatic rings. The summed E-state index contributed by atoms with van der Waals surface area (Å²) in [5.41, 5.74) is -0.253. The lowest BCUT2D eigenvalue weighted by Gasteiger charge is -2.07. The maximum atomic E-state index is 11.6. The molecule has 0 saturated carbocycles. The molecule has 0 aliphatic carbocycles. The summed E-state index contributed by atoms with van der Waals surface area (Å²) in [5.74, 6) is -0.340. The zero-order valence-electron chi connectivity index (χ0n) is 9.97. The number of pyridine rings is 1. The van der Waals surface area contributed by atoms with Gasteiger partial charge in [-0.2, -0.15) is 0 Å². The van der Waals surface area contributed by atoms with Crippen LogP contribution in [0.2, 0.25) is 0 Å². The van der Waals surface area contributed by atoms with Crippen LogP contribution in [0, 0.1) is 23.0 Å². The third kappa shape index (κ3) is 2.99. The van der Waals surface area contributed by atoms with Gasteiger partial charge in [0.1, 0.15) is 0 Å². The van der Waals surface area contributed by atoms with Crippen LogP contribution < -0.4 is 5.56 Å². The Kier molecular flexibility index (Phi) is 3.77. The van der Waals surface area contributed by atoms with E-state index in [0.717, 1.165) is 10.8 Å². The summed E-state index contributed by atoms with van der Waals surface area (Å²) in [6.07, 6.45) is 1.12. The summed E-state index contributed by atoms with van der Waals surface area (Å²) >= 11 is 0. The van der Waals surface area contributed by atoms with Crippen LogP contribution in [0.15, 0.2) is 17.1 Å². The highest BCUT2D eigenvalue weighted by molar-refractivity contribution is 5.80. The second kappa shape index (κ2) is 4.90. The smallest absolute Gasteiger partial charge is 0.288 e. The molecule has 1 rings (SSSR count). The van der Waals surface area contributed by atoms with Crippen molar-refractivity contribution in [2.24, 2.45) is 5.92 Å². The fourth-order valence-electron chi connectivity index (χ4n) is 1.32. The normalized spacial score (nSPS) is 10.6. The third-order valence-corrected chi connectivity index (χ3v) is 2.47. The minimum absolute atomic E-state index is 0.127. The largest absolute Gasteiger partial charge is 0.301 e. The molecule has 6 nitrogen and oxygen atoms in total. The van der Waals surface area contributed by atoms with Crippen molar-refractivity contribution < 1.29 is 9.72 Å². The Bertz CT molecular complexity index is 517. The topological polar surface area (TPSA) is 82.2 Å². The highest BCUT2D eigenvalue weighted by Gasteiger charge is 2.15. The van der Waals surface area contributed by atoms with E-state index in [2.05, 4.69) is 0 Å². The van der Waals surface area contributed by atoms with Crippen molar-refractivity contribution in [3.63, 3.8) is 0 Å². The molecule has 0 aliphatic heterocycles. The zero-order chi connectivity index (χ0) is 13.2. The molecule has 0 spiro atoms. The molecule has 0 atom stereocenters. The highest BCUT2D eigenvalue weighted by Crippen LogP contribution is 2.14. The van der Waals surface area contributed by atoms with Crippen LogP contribution in [0.25, 0.3) is 0 Å². The summed E-state index contributed by atoms with van der Waals surface area (Å²) in [4.78, 5) is 33.2. The molecular formula is C11H14N2O4. The second-order valence-corrected chi connectivity index (χ2v) is 4.19. The minimum atomic E-state index is -0.564. The lowest BCUT2D eigenvalue weighted by Crippen LogP contribution is -2.26. The zero-order valence-corrected chi connectivity index (χ0v) is 9.97. The molecule has 0 amide bonds. The summed E-state index contributed by atoms with van der Waals surface area (Å²) in [6, 6.07) is 1.17. The van der Waals surface area contributed by atoms with E-state index >= 15 is 0 Å². The first-order valence-electron chi connectivity index (χ1n) is 5.21. The molecule has 0 N–H and O–H groups in total. The Morgan fingerprint density at radius 2 is 2.12 bits per heavy atom. The molecule has 0 unspecified atom stereocenters. The van der Waals surface area contributed by atoms with Gasteiger partial charge >= 0.3 is 0 Å². The van der Waals surface area contributed by atoms with Gasteiger partial charge in [0, 0.05) is 17.5 Å². The number of carbonyl (C=O) groups is 1. The Labute approximate surface area is 98.0 Å². The molecule has 0 aromatic carbocycles. The van der Waals surface area contributed by atoms with Crippen molar-refractivity contribution in [2.45, 2.75) is 27.3 Å². The quantitative estimate of drug-likeness (QED) is 0.584. The van der Waals surface area contributed by atoms with Crippen molar-refractivity contribution in [1.29, 1.82) is 0 Å². The van der Waals surface area contributed by atoms with Gasteiger partial charge in [-0.3, -0.25) is 19.7 Å². The molecule has 0 saturated heterocycles. The number of nitrogens with zero attached hydrogens (tertiary/aromatic N) is 2. The summed E-state index contributed by atoms with van der Waals surface area (Å²) in [7, 11) is 0. The van der Waals surface area contributed by atoms with Gasteiger partial charge in [-0.25, -0.2) is 0 Å². The first-order valence-corrected chi connectivity index (χ1v) is 5.21. The van der Waals surface area contributed by atoms with Gasteiger partial charge in [-0.15, -0.1) is 0 Å². The van der Waals surface area contributed by atoms with E-state index in [4.69, 9.17) is 0 Å². The average molecular weight is 238 g/mol. The fraction of sp³-hybridized carbons (Fsp3) is 0.455. The van der Waals surface area contributed by atoms with Crippen LogP contribution in [0.3, 0.4) is 0 Å². The first-order chi connectivity index (χ1) is 7.82. The Balaban J connectivity index is 3.17. The monoisotopic (exact) mass is 238 g/mol. The fourth-order valence-corrected chi connectivity index (χ4v) is 1.32. The van der Waals surface area contributed by atoms with Crippen molar-refractivity contribution in [1.82, 2.24) is 4.57 Å². The maximum absolute atomic E-state index is 11.6. The summed E-state index contributed by atoms with van der Waals surface area (Å²) in [5, 5.41) is 10.7. The number of ketones is 1. The second-order valence-electron chi connectivity index (χ2n) is 4.19. The van der Waals surface area contributed by atoms with Gasteiger partial charge in [0.2, 0.25) is 0 Å². The molecule has 17 heavy (non-hydrogen) atoms. The summed E-state index contributed by atoms with van der Waals surface area (Å²) in [6.45, 7) is 4.80. The van der Waals surface area contributed by atoms with Crippen LogP contribution in [-0.4, -0.2) is 15.3 Å². The molecule has 0 fully saturated rings. The molecule has 92 valence electrons. The maximum Gasteiger partial charge on any atom is 0.288 e. The van der Waals surface area contributed by atoms with Gasteiger partial charge in [0.15, 0.2) is 5.78 Å². The molecule has 1 aromatic heterocycles. The van der Waals surface area contributed by atoms with Crippen LogP contribution in [0.1, 0.15) is 19.4 Å². The first kappa shape index (κ1) is 13.1. The predicted molar refractivity (Wildman–Crippen MR) is 61.9 cm³/mol. The van der Waals surface area contributed by atoms with Crippen LogP contribution >= 0.6 is 0 Å². The van der Waals surface area contributed by atoms with Crippen molar-refractivity contribution in [3.05, 3.63) is 38.3 Å². The van der Waals surface area contributed by atoms with Gasteiger partial charge in [0.25, 0.3) is 11.2 Å². The number of nitro groups is 1. The summed E-state index contributed by atoms with van der Waals surface area (Å²) < 4.78 is 1.08. The number of carbonyl (C=O) groups excluding carboxylic acids is 1. The number of Topliss-reactive ketones (excluding diaryl/α,β-unsaturated/α-hetero) is 1.